The van der Waals surface area contributed by atoms with Crippen molar-refractivity contribution < 1.29 is 20.2 Å². The second-order valence-electron chi connectivity index (χ2n) is 0. The van der Waals surface area contributed by atoms with Gasteiger partial charge >= 0.3 is 0 Å². The number of hydrogen-bond donors (Lipinski definition) is 0. The molecule has 0 aromatic heterocycles. The highest BCUT2D eigenvalue weighted by Gasteiger charge is 0.0000151. The largest absolute Gasteiger partial charge is 0.269 e. The average molecular weight is 109 g/mol. The van der Waals surface area contributed by atoms with E-state index in [-0.39, 0.29) is 31.2 Å². The Morgan fingerprint density at radius 1 is 0.600 bits per heavy atom. The van der Waals surface area contributed by atoms with Crippen molar-refractivity contribution in [2.24, 2.45) is 0 Å². The molecule has 0 fully saturated rings. The zero-order valence-corrected chi connectivity index (χ0v) is 3.13. The van der Waals surface area contributed by atoms with Crippen LogP contribution in [0, 0.1) is 0 Å². The highest BCUT2D eigenvalue weighted by Crippen LogP contribution is 0.423. The molecule has 0 amide bonds. The lowest BCUT2D eigenvalue weighted by atomic mass is 19.0. The molecule has 0 saturated carbocycles. The Hall–Kier alpha value is -0.0631. The Balaban J connectivity index is 0. The molecule has 0 aliphatic heterocycles. The van der Waals surface area contributed by atoms with Crippen LogP contribution in [0.25, 0.3) is 0 Å². The van der Waals surface area contributed by atoms with Crippen LogP contribution >= 0.6 is 0 Å². The van der Waals surface area contributed by atoms with E-state index in [4.69, 9.17) is 0 Å². The van der Waals surface area contributed by atoms with Crippen LogP contribution in [0.1, 0.15) is 1.43 Å². The number of halogens is 4. The average Bonchev–Trinajstić information content (AvgIpc) is 0. The van der Waals surface area contributed by atoms with Crippen LogP contribution in [0.3, 0.4) is 0 Å². The molecule has 0 heterocycles. The van der Waals surface area contributed by atoms with E-state index in [1.807, 2.05) is 0 Å². The Bertz CT molecular complexity index is 7.51. The van der Waals surface area contributed by atoms with Gasteiger partial charge in [-0.1, -0.05) is 0 Å². The first-order valence-corrected chi connectivity index (χ1v) is 0. The van der Waals surface area contributed by atoms with Gasteiger partial charge in [0, 0.05) is 12.4 Å². The van der Waals surface area contributed by atoms with Crippen molar-refractivity contribution in [2.45, 2.75) is 0 Å². The summed E-state index contributed by atoms with van der Waals surface area (Å²) in [7, 11) is 0. The summed E-state index contributed by atoms with van der Waals surface area (Å²) in [5, 5.41) is 0. The molecular weight excluding hydrogens is 104 g/mol. The third-order valence-electron chi connectivity index (χ3n) is 0. The summed E-state index contributed by atoms with van der Waals surface area (Å²) < 4.78 is 0. The topological polar surface area (TPSA) is 0 Å². The summed E-state index contributed by atoms with van der Waals surface area (Å²) in [6.45, 7) is 0. The molecule has 0 aromatic rings. The maximum Gasteiger partial charge on any atom is 0 e. The summed E-state index contributed by atoms with van der Waals surface area (Å²) in [5.74, 6) is 0. The first-order valence-electron chi connectivity index (χ1n) is 0. The van der Waals surface area contributed by atoms with Gasteiger partial charge in [0.1, 0.15) is 0 Å². The maximum atomic E-state index is 0. The standard InChI is InChI=1S/4FH.Si.H/h4*1H;;. The van der Waals surface area contributed by atoms with Crippen molar-refractivity contribution in [3.8, 4) is 0 Å². The zero-order valence-electron chi connectivity index (χ0n) is 3.13. The first-order chi connectivity index (χ1) is 0. The van der Waals surface area contributed by atoms with E-state index in [9.17, 15) is 0 Å². The molecule has 5 heteroatoms. The van der Waals surface area contributed by atoms with Gasteiger partial charge < -0.3 is 0 Å². The van der Waals surface area contributed by atoms with Gasteiger partial charge in [0.15, 0.2) is 0 Å². The molecule has 0 spiro atoms. The van der Waals surface area contributed by atoms with Gasteiger partial charge in [0.2, 0.25) is 0 Å². The van der Waals surface area contributed by atoms with Crippen molar-refractivity contribution in [3.63, 3.8) is 0 Å². The lowest BCUT2D eigenvalue weighted by Crippen LogP contribution is -0.381. The van der Waals surface area contributed by atoms with Crippen molar-refractivity contribution in [3.05, 3.63) is 0 Å². The minimum atomic E-state index is 0. The predicted molar refractivity (Wildman–Crippen MR) is 16.9 cm³/mol. The molecule has 37 valence electrons. The molecule has 5 radical (unpaired) electrons. The molecule has 0 saturated heterocycles. The highest BCUT2D eigenvalue weighted by atomic mass is 28.1. The molecule has 5 heavy (non-hydrogen) atoms. The summed E-state index contributed by atoms with van der Waals surface area (Å²) in [4.78, 5) is 0. The third kappa shape index (κ3) is 3710. The predicted octanol–water partition coefficient (Wildman–Crippen LogP) is 0.342. The fourth-order valence-electron chi connectivity index (χ4n) is 0. The van der Waals surface area contributed by atoms with Gasteiger partial charge in [-0.05, 0) is 0 Å². The molecular formula is H5F4Si. The lowest BCUT2D eigenvalue weighted by Gasteiger charge is -0.270. The van der Waals surface area contributed by atoms with Gasteiger partial charge in [-0.3, -0.25) is 18.8 Å². The quantitative estimate of drug-likeness (QED) is 0.311. The van der Waals surface area contributed by atoms with Gasteiger partial charge in [0.05, 0.1) is 0 Å². The zero-order chi connectivity index (χ0) is 0. The second-order valence-corrected chi connectivity index (χ2v) is 0. The molecule has 0 aliphatic carbocycles. The first kappa shape index (κ1) is 19200. The lowest BCUT2D eigenvalue weighted by molar-refractivity contribution is 1.11. The van der Waals surface area contributed by atoms with Crippen molar-refractivity contribution in [2.75, 3.05) is 0 Å². The smallest absolute Gasteiger partial charge is 0 e. The fraction of sp³-hybridized carbons (Fsp3) is 0. The van der Waals surface area contributed by atoms with E-state index in [1.54, 1.807) is 0 Å². The molecule has 0 N–H and O–H groups in total. The van der Waals surface area contributed by atoms with E-state index in [0.717, 1.165) is 0 Å². The third-order valence-corrected chi connectivity index (χ3v) is 0. The van der Waals surface area contributed by atoms with E-state index in [0.29, 0.717) is 0 Å². The number of rotatable bonds is 0. The minimum absolute atomic E-state index is 0. The van der Waals surface area contributed by atoms with E-state index >= 15 is 0 Å². The molecule has 0 rings (SSSR count). The van der Waals surface area contributed by atoms with Gasteiger partial charge in [-0.15, -0.1) is 0 Å². The summed E-state index contributed by atoms with van der Waals surface area (Å²) >= 11 is 0. The SMILES string of the molecule is F.F.F.F.[H].[Si]. The summed E-state index contributed by atoms with van der Waals surface area (Å²) in [6, 6.07) is 0. The van der Waals surface area contributed by atoms with Crippen molar-refractivity contribution in [1.29, 1.82) is 0 Å². The van der Waals surface area contributed by atoms with E-state index in [2.05, 4.69) is 0 Å². The normalized spacial score (nSPS) is 0. The van der Waals surface area contributed by atoms with Gasteiger partial charge in [0.25, 0.3) is 0 Å². The van der Waals surface area contributed by atoms with E-state index in [1.165, 1.54) is 0 Å². The Morgan fingerprint density at radius 3 is 0.600 bits per heavy atom. The molecule has 0 bridgehead atoms. The van der Waals surface area contributed by atoms with Crippen molar-refractivity contribution in [1.82, 2.24) is 0 Å². The highest BCUT2D eigenvalue weighted by molar-refractivity contribution is 5.75. The van der Waals surface area contributed by atoms with Crippen LogP contribution < -0.4 is 0 Å². The summed E-state index contributed by atoms with van der Waals surface area (Å²) in [6.07, 6.45) is 0. The van der Waals surface area contributed by atoms with Crippen LogP contribution in [-0.4, -0.2) is 11.0 Å². The molecule has 0 aliphatic rings. The monoisotopic (exact) mass is 109 g/mol. The Morgan fingerprint density at radius 2 is 0.600 bits per heavy atom. The molecule has 0 unspecified atom stereocenters. The Kier molecular flexibility index (Phi) is 32700000. The number of hydrogen-bond acceptors (Lipinski definition) is 0. The van der Waals surface area contributed by atoms with Crippen LogP contribution in [0.4, 0.5) is 18.8 Å². The maximum absolute atomic E-state index is 0. The molecule has 0 aromatic carbocycles. The van der Waals surface area contributed by atoms with Crippen molar-refractivity contribution >= 4 is 11.0 Å². The second kappa shape index (κ2) is 8520. The van der Waals surface area contributed by atoms with Crippen LogP contribution in [0.2, 0.25) is 0 Å². The summed E-state index contributed by atoms with van der Waals surface area (Å²) in [5.41, 5.74) is 0. The minimum Gasteiger partial charge on any atom is -0.269 e. The fourth-order valence-corrected chi connectivity index (χ4v) is 0. The molecule has 0 atom stereocenters. The Labute approximate surface area is 32.5 Å². The van der Waals surface area contributed by atoms with Gasteiger partial charge in [-0.25, -0.2) is 0 Å². The van der Waals surface area contributed by atoms with Crippen LogP contribution in [-0.2, 0) is 0 Å². The van der Waals surface area contributed by atoms with Crippen LogP contribution in [0.5, 0.6) is 0 Å². The van der Waals surface area contributed by atoms with Gasteiger partial charge in [-0.2, -0.15) is 0 Å². The van der Waals surface area contributed by atoms with E-state index < -0.39 is 0 Å². The van der Waals surface area contributed by atoms with Crippen LogP contribution in [0.15, 0.2) is 0 Å². The molecule has 0 nitrogen and oxygen atoms in total.